The van der Waals surface area contributed by atoms with Crippen LogP contribution in [0, 0.1) is 18.8 Å². The minimum Gasteiger partial charge on any atom is -0.469 e. The molecule has 4 N–H and O–H groups in total. The maximum absolute atomic E-state index is 14.0. The number of aryl methyl sites for hydroxylation is 1. The van der Waals surface area contributed by atoms with Gasteiger partial charge in [0.15, 0.2) is 24.0 Å². The van der Waals surface area contributed by atoms with E-state index >= 15 is 0 Å². The van der Waals surface area contributed by atoms with Gasteiger partial charge >= 0.3 is 0 Å². The Kier molecular flexibility index (Phi) is 7.42. The monoisotopic (exact) mass is 639 g/mol. The summed E-state index contributed by atoms with van der Waals surface area (Å²) in [5.41, 5.74) is 2.61. The molecule has 4 bridgehead atoms. The van der Waals surface area contributed by atoms with Crippen LogP contribution >= 0.6 is 0 Å². The molecule has 244 valence electrons. The van der Waals surface area contributed by atoms with Gasteiger partial charge in [-0.25, -0.2) is 9.97 Å². The molecule has 5 heterocycles. The largest absolute Gasteiger partial charge is 0.469 e. The highest BCUT2D eigenvalue weighted by Crippen LogP contribution is 2.59. The first kappa shape index (κ1) is 30.7. The zero-order valence-electron chi connectivity index (χ0n) is 26.8. The minimum absolute atomic E-state index is 0.0819. The van der Waals surface area contributed by atoms with Crippen LogP contribution in [-0.2, 0) is 21.4 Å². The smallest absolute Gasteiger partial charge is 0.249 e. The van der Waals surface area contributed by atoms with E-state index in [4.69, 9.17) is 18.6 Å². The molecule has 0 fully saturated rings. The van der Waals surface area contributed by atoms with E-state index in [9.17, 15) is 19.5 Å². The number of aldehydes is 1. The van der Waals surface area contributed by atoms with E-state index in [1.54, 1.807) is 6.92 Å². The van der Waals surface area contributed by atoms with Crippen molar-refractivity contribution in [3.05, 3.63) is 82.3 Å². The Labute approximate surface area is 271 Å². The average Bonchev–Trinajstić information content (AvgIpc) is 3.78. The summed E-state index contributed by atoms with van der Waals surface area (Å²) in [6, 6.07) is 11.8. The normalized spacial score (nSPS) is 23.1. The molecule has 2 amide bonds. The number of aliphatic hydroxyl groups is 1. The molecule has 0 saturated carbocycles. The summed E-state index contributed by atoms with van der Waals surface area (Å²) in [7, 11) is 0. The Morgan fingerprint density at radius 3 is 2.62 bits per heavy atom. The lowest BCUT2D eigenvalue weighted by Gasteiger charge is -2.29. The number of rotatable bonds is 7. The number of nitrogens with zero attached hydrogens (tertiary/aromatic N) is 2. The third-order valence-electron chi connectivity index (χ3n) is 9.19. The van der Waals surface area contributed by atoms with Gasteiger partial charge in [0.05, 0.1) is 0 Å². The first-order valence-electron chi connectivity index (χ1n) is 15.9. The van der Waals surface area contributed by atoms with Crippen LogP contribution in [0.15, 0.2) is 51.3 Å². The van der Waals surface area contributed by atoms with E-state index in [0.29, 0.717) is 23.6 Å². The molecule has 2 aromatic heterocycles. The molecule has 1 spiro atoms. The number of hydrogen-bond donors (Lipinski definition) is 4. The number of benzene rings is 2. The van der Waals surface area contributed by atoms with Crippen molar-refractivity contribution in [2.45, 2.75) is 77.3 Å². The van der Waals surface area contributed by atoms with Gasteiger partial charge in [0.2, 0.25) is 23.6 Å². The summed E-state index contributed by atoms with van der Waals surface area (Å²) < 4.78 is 19.4. The van der Waals surface area contributed by atoms with Crippen molar-refractivity contribution in [2.75, 3.05) is 5.32 Å². The highest BCUT2D eigenvalue weighted by molar-refractivity contribution is 5.90. The van der Waals surface area contributed by atoms with Crippen LogP contribution in [0.25, 0.3) is 11.6 Å². The SMILES string of the molecule is Cc1oc(-c2nc3oc2C24c5ccccc5NC2Oc2ccc(cc24)C[C@H](NC(=O)[C@@H](O)CC(C)C)C(=O)N[C@H]3C(C)C)nc1C=O. The van der Waals surface area contributed by atoms with Gasteiger partial charge in [0, 0.05) is 17.7 Å². The predicted molar refractivity (Wildman–Crippen MR) is 170 cm³/mol. The number of para-hydroxylation sites is 1. The van der Waals surface area contributed by atoms with E-state index in [-0.39, 0.29) is 47.8 Å². The molecule has 47 heavy (non-hydrogen) atoms. The van der Waals surface area contributed by atoms with Crippen LogP contribution in [0.1, 0.15) is 84.7 Å². The van der Waals surface area contributed by atoms with E-state index in [2.05, 4.69) is 20.9 Å². The highest BCUT2D eigenvalue weighted by Gasteiger charge is 2.61. The Morgan fingerprint density at radius 1 is 1.11 bits per heavy atom. The molecule has 0 saturated heterocycles. The van der Waals surface area contributed by atoms with Crippen molar-refractivity contribution in [2.24, 2.45) is 11.8 Å². The third kappa shape index (κ3) is 4.89. The number of carbonyl (C=O) groups is 3. The van der Waals surface area contributed by atoms with Crippen LogP contribution in [0.3, 0.4) is 0 Å². The molecule has 3 aliphatic heterocycles. The number of ether oxygens (including phenoxy) is 1. The molecular formula is C35H37N5O7. The lowest BCUT2D eigenvalue weighted by atomic mass is 9.72. The second kappa shape index (κ2) is 11.4. The summed E-state index contributed by atoms with van der Waals surface area (Å²) in [5.74, 6) is 0.452. The topological polar surface area (TPSA) is 169 Å². The third-order valence-corrected chi connectivity index (χ3v) is 9.19. The fourth-order valence-corrected chi connectivity index (χ4v) is 6.89. The summed E-state index contributed by atoms with van der Waals surface area (Å²) in [6.45, 7) is 9.33. The summed E-state index contributed by atoms with van der Waals surface area (Å²) in [5, 5.41) is 19.9. The molecule has 7 rings (SSSR count). The van der Waals surface area contributed by atoms with Gasteiger partial charge in [-0.3, -0.25) is 14.4 Å². The quantitative estimate of drug-likeness (QED) is 0.215. The lowest BCUT2D eigenvalue weighted by Crippen LogP contribution is -2.52. The number of amides is 2. The molecule has 12 nitrogen and oxygen atoms in total. The van der Waals surface area contributed by atoms with Gasteiger partial charge in [0.25, 0.3) is 0 Å². The van der Waals surface area contributed by atoms with Gasteiger partial charge in [-0.1, -0.05) is 58.0 Å². The summed E-state index contributed by atoms with van der Waals surface area (Å²) >= 11 is 0. The van der Waals surface area contributed by atoms with Crippen LogP contribution < -0.4 is 20.7 Å². The number of oxazole rings is 2. The zero-order chi connectivity index (χ0) is 33.2. The second-order valence-corrected chi connectivity index (χ2v) is 13.3. The number of aliphatic hydroxyl groups excluding tert-OH is 1. The Hall–Kier alpha value is -4.97. The van der Waals surface area contributed by atoms with Crippen LogP contribution in [0.5, 0.6) is 5.75 Å². The number of nitrogens with one attached hydrogen (secondary N) is 3. The van der Waals surface area contributed by atoms with Crippen LogP contribution in [0.2, 0.25) is 0 Å². The summed E-state index contributed by atoms with van der Waals surface area (Å²) in [6.07, 6.45) is -0.858. The number of carbonyl (C=O) groups excluding carboxylic acids is 3. The van der Waals surface area contributed by atoms with E-state index in [1.807, 2.05) is 70.2 Å². The maximum atomic E-state index is 14.0. The van der Waals surface area contributed by atoms with Crippen molar-refractivity contribution in [1.82, 2.24) is 20.6 Å². The maximum Gasteiger partial charge on any atom is 0.249 e. The van der Waals surface area contributed by atoms with E-state index in [1.165, 1.54) is 0 Å². The van der Waals surface area contributed by atoms with Gasteiger partial charge in [-0.15, -0.1) is 0 Å². The first-order valence-corrected chi connectivity index (χ1v) is 15.9. The molecule has 5 atom stereocenters. The number of aromatic nitrogens is 2. The zero-order valence-corrected chi connectivity index (χ0v) is 26.8. The van der Waals surface area contributed by atoms with Crippen LogP contribution in [0.4, 0.5) is 5.69 Å². The predicted octanol–water partition coefficient (Wildman–Crippen LogP) is 4.19. The first-order chi connectivity index (χ1) is 22.5. The molecule has 12 heteroatoms. The van der Waals surface area contributed by atoms with Gasteiger partial charge in [0.1, 0.15) is 40.8 Å². The molecule has 0 radical (unpaired) electrons. The van der Waals surface area contributed by atoms with Gasteiger partial charge in [-0.2, -0.15) is 0 Å². The van der Waals surface area contributed by atoms with Gasteiger partial charge in [-0.05, 0) is 48.4 Å². The average molecular weight is 640 g/mol. The van der Waals surface area contributed by atoms with Crippen LogP contribution in [-0.4, -0.2) is 51.5 Å². The Morgan fingerprint density at radius 2 is 1.89 bits per heavy atom. The molecule has 2 unspecified atom stereocenters. The number of hydrogen-bond acceptors (Lipinski definition) is 10. The molecule has 4 aromatic rings. The fraction of sp³-hybridized carbons (Fsp3) is 0.400. The van der Waals surface area contributed by atoms with E-state index < -0.39 is 41.6 Å². The molecular weight excluding hydrogens is 602 g/mol. The minimum atomic E-state index is -1.26. The van der Waals surface area contributed by atoms with Crippen molar-refractivity contribution in [3.63, 3.8) is 0 Å². The Balaban J connectivity index is 1.46. The number of anilines is 1. The molecule has 3 aliphatic rings. The Bertz CT molecular complexity index is 1890. The summed E-state index contributed by atoms with van der Waals surface area (Å²) in [4.78, 5) is 48.3. The highest BCUT2D eigenvalue weighted by atomic mass is 16.5. The van der Waals surface area contributed by atoms with Gasteiger partial charge < -0.3 is 34.6 Å². The standard InChI is InChI=1S/C35H37N5O7/c1-16(2)12-25(42)31(44)36-23-14-19-10-11-26-21(13-19)35(20-8-6-7-9-22(20)38-34(35)46-26)29-28(33-37-24(15-41)18(5)45-33)40-32(47-29)27(17(3)4)39-30(23)43/h6-11,13,15-17,23,25,27,34,38,42H,12,14H2,1-5H3,(H,36,44)(H,39,43)/t23-,25-,27-,34?,35?/m0/s1. The van der Waals surface area contributed by atoms with Crippen molar-refractivity contribution < 1.29 is 33.1 Å². The van der Waals surface area contributed by atoms with Crippen molar-refractivity contribution in [1.29, 1.82) is 0 Å². The molecule has 0 aliphatic carbocycles. The van der Waals surface area contributed by atoms with Crippen molar-refractivity contribution >= 4 is 23.8 Å². The lowest BCUT2D eigenvalue weighted by molar-refractivity contribution is -0.135. The second-order valence-electron chi connectivity index (χ2n) is 13.3. The fourth-order valence-electron chi connectivity index (χ4n) is 6.89. The van der Waals surface area contributed by atoms with Crippen molar-refractivity contribution in [3.8, 4) is 17.3 Å². The van der Waals surface area contributed by atoms with E-state index in [0.717, 1.165) is 22.4 Å². The molecule has 2 aromatic carbocycles. The number of fused-ring (bicyclic) bond motifs is 4.